The average Bonchev–Trinajstić information content (AvgIpc) is 2.53. The summed E-state index contributed by atoms with van der Waals surface area (Å²) in [6, 6.07) is 9.68. The molecule has 2 N–H and O–H groups in total. The lowest BCUT2D eigenvalue weighted by Crippen LogP contribution is -2.42. The number of rotatable bonds is 7. The van der Waals surface area contributed by atoms with Crippen molar-refractivity contribution in [1.29, 1.82) is 0 Å². The smallest absolute Gasteiger partial charge is 0.246 e. The summed E-state index contributed by atoms with van der Waals surface area (Å²) in [4.78, 5) is -1.06. The standard InChI is InChI=1S/C17H19F2NO4S/c1-17(21,10-12-6-8-13(24-2)9-7-12)11-20-25(22,23)16-14(18)4-3-5-15(16)19/h3-9,20-21H,10-11H2,1-2H3. The molecule has 2 rings (SSSR count). The molecule has 0 saturated heterocycles. The molecular formula is C17H19F2NO4S. The number of methoxy groups -OCH3 is 1. The molecule has 25 heavy (non-hydrogen) atoms. The first-order chi connectivity index (χ1) is 11.6. The van der Waals surface area contributed by atoms with Gasteiger partial charge in [0, 0.05) is 13.0 Å². The van der Waals surface area contributed by atoms with Crippen molar-refractivity contribution >= 4 is 10.0 Å². The first-order valence-electron chi connectivity index (χ1n) is 7.44. The van der Waals surface area contributed by atoms with Crippen LogP contribution < -0.4 is 9.46 Å². The Hall–Kier alpha value is -2.03. The Bertz CT molecular complexity index is 816. The van der Waals surface area contributed by atoms with E-state index in [4.69, 9.17) is 4.74 Å². The molecule has 0 aliphatic heterocycles. The normalized spacial score (nSPS) is 14.1. The summed E-state index contributed by atoms with van der Waals surface area (Å²) >= 11 is 0. The number of ether oxygens (including phenoxy) is 1. The van der Waals surface area contributed by atoms with Crippen LogP contribution in [0.3, 0.4) is 0 Å². The van der Waals surface area contributed by atoms with Gasteiger partial charge < -0.3 is 9.84 Å². The molecule has 5 nitrogen and oxygen atoms in total. The van der Waals surface area contributed by atoms with Crippen LogP contribution in [0.15, 0.2) is 47.4 Å². The third-order valence-corrected chi connectivity index (χ3v) is 5.03. The molecule has 8 heteroatoms. The van der Waals surface area contributed by atoms with Gasteiger partial charge in [-0.2, -0.15) is 0 Å². The molecule has 0 heterocycles. The van der Waals surface area contributed by atoms with Gasteiger partial charge >= 0.3 is 0 Å². The molecule has 0 saturated carbocycles. The van der Waals surface area contributed by atoms with Gasteiger partial charge in [-0.3, -0.25) is 0 Å². The maximum absolute atomic E-state index is 13.7. The van der Waals surface area contributed by atoms with E-state index in [1.807, 2.05) is 0 Å². The minimum absolute atomic E-state index is 0.138. The van der Waals surface area contributed by atoms with E-state index < -0.39 is 38.7 Å². The Morgan fingerprint density at radius 3 is 2.20 bits per heavy atom. The highest BCUT2D eigenvalue weighted by atomic mass is 32.2. The summed E-state index contributed by atoms with van der Waals surface area (Å²) < 4.78 is 58.7. The van der Waals surface area contributed by atoms with Gasteiger partial charge in [0.2, 0.25) is 10.0 Å². The molecule has 2 aromatic rings. The highest BCUT2D eigenvalue weighted by Crippen LogP contribution is 2.20. The number of nitrogens with one attached hydrogen (secondary N) is 1. The predicted octanol–water partition coefficient (Wildman–Crippen LogP) is 2.25. The topological polar surface area (TPSA) is 75.6 Å². The van der Waals surface area contributed by atoms with Gasteiger partial charge in [0.25, 0.3) is 0 Å². The maximum atomic E-state index is 13.7. The maximum Gasteiger partial charge on any atom is 0.246 e. The first kappa shape index (κ1) is 19.3. The van der Waals surface area contributed by atoms with Crippen LogP contribution in [0.1, 0.15) is 12.5 Å². The highest BCUT2D eigenvalue weighted by Gasteiger charge is 2.28. The van der Waals surface area contributed by atoms with Crippen molar-refractivity contribution in [2.75, 3.05) is 13.7 Å². The summed E-state index contributed by atoms with van der Waals surface area (Å²) in [5.74, 6) is -1.73. The van der Waals surface area contributed by atoms with Gasteiger partial charge in [-0.15, -0.1) is 0 Å². The molecule has 1 unspecified atom stereocenters. The van der Waals surface area contributed by atoms with Crippen molar-refractivity contribution in [3.8, 4) is 5.75 Å². The molecule has 0 spiro atoms. The van der Waals surface area contributed by atoms with E-state index in [-0.39, 0.29) is 6.42 Å². The monoisotopic (exact) mass is 371 g/mol. The van der Waals surface area contributed by atoms with Crippen molar-refractivity contribution in [2.24, 2.45) is 0 Å². The Labute approximate surface area is 145 Å². The molecule has 0 bridgehead atoms. The lowest BCUT2D eigenvalue weighted by molar-refractivity contribution is 0.0656. The van der Waals surface area contributed by atoms with Gasteiger partial charge in [0.15, 0.2) is 4.90 Å². The van der Waals surface area contributed by atoms with Gasteiger partial charge in [-0.05, 0) is 36.8 Å². The van der Waals surface area contributed by atoms with Crippen molar-refractivity contribution < 1.29 is 27.0 Å². The summed E-state index contributed by atoms with van der Waals surface area (Å²) in [6.07, 6.45) is 0.138. The minimum atomic E-state index is -4.44. The Balaban J connectivity index is 2.09. The van der Waals surface area contributed by atoms with Gasteiger partial charge in [-0.1, -0.05) is 18.2 Å². The van der Waals surface area contributed by atoms with Crippen LogP contribution >= 0.6 is 0 Å². The van der Waals surface area contributed by atoms with Crippen LogP contribution in [-0.2, 0) is 16.4 Å². The Kier molecular flexibility index (Phi) is 5.76. The molecule has 2 aromatic carbocycles. The molecule has 136 valence electrons. The van der Waals surface area contributed by atoms with Crippen molar-refractivity contribution in [1.82, 2.24) is 4.72 Å². The Morgan fingerprint density at radius 1 is 1.12 bits per heavy atom. The van der Waals surface area contributed by atoms with Crippen molar-refractivity contribution in [3.05, 3.63) is 59.7 Å². The zero-order valence-corrected chi connectivity index (χ0v) is 14.6. The van der Waals surface area contributed by atoms with Crippen LogP contribution in [0.5, 0.6) is 5.75 Å². The fourth-order valence-electron chi connectivity index (χ4n) is 2.31. The zero-order chi connectivity index (χ0) is 18.7. The second-order valence-corrected chi connectivity index (χ2v) is 7.60. The van der Waals surface area contributed by atoms with E-state index in [0.717, 1.165) is 23.8 Å². The number of halogens is 2. The second kappa shape index (κ2) is 7.47. The Morgan fingerprint density at radius 2 is 1.68 bits per heavy atom. The molecule has 0 fully saturated rings. The van der Waals surface area contributed by atoms with E-state index in [1.165, 1.54) is 14.0 Å². The molecule has 0 aliphatic rings. The number of aliphatic hydroxyl groups is 1. The van der Waals surface area contributed by atoms with Gasteiger partial charge in [0.05, 0.1) is 12.7 Å². The van der Waals surface area contributed by atoms with Crippen molar-refractivity contribution in [2.45, 2.75) is 23.8 Å². The van der Waals surface area contributed by atoms with Crippen LogP contribution in [0.25, 0.3) is 0 Å². The SMILES string of the molecule is COc1ccc(CC(C)(O)CNS(=O)(=O)c2c(F)cccc2F)cc1. The third-order valence-electron chi connectivity index (χ3n) is 3.57. The molecule has 0 aliphatic carbocycles. The van der Waals surface area contributed by atoms with Crippen molar-refractivity contribution in [3.63, 3.8) is 0 Å². The van der Waals surface area contributed by atoms with E-state index in [0.29, 0.717) is 5.75 Å². The fourth-order valence-corrected chi connectivity index (χ4v) is 3.60. The predicted molar refractivity (Wildman–Crippen MR) is 88.9 cm³/mol. The van der Waals surface area contributed by atoms with Gasteiger partial charge in [0.1, 0.15) is 17.4 Å². The van der Waals surface area contributed by atoms with Gasteiger partial charge in [-0.25, -0.2) is 21.9 Å². The van der Waals surface area contributed by atoms with Crippen LogP contribution in [0, 0.1) is 11.6 Å². The van der Waals surface area contributed by atoms with E-state index in [9.17, 15) is 22.3 Å². The summed E-state index contributed by atoms with van der Waals surface area (Å²) in [6.45, 7) is 1.02. The summed E-state index contributed by atoms with van der Waals surface area (Å²) in [5, 5.41) is 10.4. The largest absolute Gasteiger partial charge is 0.497 e. The average molecular weight is 371 g/mol. The quantitative estimate of drug-likeness (QED) is 0.783. The number of hydrogen-bond acceptors (Lipinski definition) is 4. The molecule has 0 amide bonds. The molecule has 0 aromatic heterocycles. The zero-order valence-electron chi connectivity index (χ0n) is 13.8. The first-order valence-corrected chi connectivity index (χ1v) is 8.92. The summed E-state index contributed by atoms with van der Waals surface area (Å²) in [5.41, 5.74) is -0.703. The highest BCUT2D eigenvalue weighted by molar-refractivity contribution is 7.89. The van der Waals surface area contributed by atoms with Crippen LogP contribution in [-0.4, -0.2) is 32.8 Å². The van der Waals surface area contributed by atoms with E-state index in [2.05, 4.69) is 4.72 Å². The minimum Gasteiger partial charge on any atom is -0.497 e. The number of benzene rings is 2. The van der Waals surface area contributed by atoms with E-state index in [1.54, 1.807) is 24.3 Å². The third kappa shape index (κ3) is 4.97. The summed E-state index contributed by atoms with van der Waals surface area (Å²) in [7, 11) is -2.91. The van der Waals surface area contributed by atoms with Crippen LogP contribution in [0.4, 0.5) is 8.78 Å². The second-order valence-electron chi connectivity index (χ2n) is 5.90. The number of sulfonamides is 1. The lowest BCUT2D eigenvalue weighted by Gasteiger charge is -2.24. The number of hydrogen-bond donors (Lipinski definition) is 2. The molecule has 1 atom stereocenters. The lowest BCUT2D eigenvalue weighted by atomic mass is 9.97. The van der Waals surface area contributed by atoms with Crippen LogP contribution in [0.2, 0.25) is 0 Å². The fraction of sp³-hybridized carbons (Fsp3) is 0.294. The molecule has 0 radical (unpaired) electrons. The van der Waals surface area contributed by atoms with E-state index >= 15 is 0 Å². The molecular weight excluding hydrogens is 352 g/mol.